The van der Waals surface area contributed by atoms with Gasteiger partial charge in [0.05, 0.1) is 5.01 Å². The van der Waals surface area contributed by atoms with E-state index in [0.29, 0.717) is 6.04 Å². The van der Waals surface area contributed by atoms with Crippen molar-refractivity contribution in [1.82, 2.24) is 14.8 Å². The average molecular weight is 277 g/mol. The number of rotatable bonds is 3. The first-order valence-corrected chi connectivity index (χ1v) is 8.17. The molecule has 1 aromatic heterocycles. The van der Waals surface area contributed by atoms with E-state index < -0.39 is 0 Å². The van der Waals surface area contributed by atoms with E-state index in [1.54, 1.807) is 0 Å². The Morgan fingerprint density at radius 1 is 1.32 bits per heavy atom. The molecule has 19 heavy (non-hydrogen) atoms. The first kappa shape index (κ1) is 13.3. The van der Waals surface area contributed by atoms with Gasteiger partial charge < -0.3 is 0 Å². The maximum Gasteiger partial charge on any atom is 0.0897 e. The molecule has 2 heterocycles. The summed E-state index contributed by atoms with van der Waals surface area (Å²) < 4.78 is 0. The summed E-state index contributed by atoms with van der Waals surface area (Å²) in [7, 11) is 0. The Kier molecular flexibility index (Phi) is 4.31. The second-order valence-electron chi connectivity index (χ2n) is 5.58. The third-order valence-corrected chi connectivity index (χ3v) is 5.05. The summed E-state index contributed by atoms with van der Waals surface area (Å²) in [4.78, 5) is 11.0. The van der Waals surface area contributed by atoms with E-state index in [1.807, 2.05) is 17.5 Å². The number of nitrogens with zero attached hydrogens (tertiary/aromatic N) is 3. The fourth-order valence-electron chi connectivity index (χ4n) is 3.05. The van der Waals surface area contributed by atoms with Crippen molar-refractivity contribution in [3.05, 3.63) is 28.2 Å². The van der Waals surface area contributed by atoms with E-state index in [2.05, 4.69) is 33.9 Å². The lowest BCUT2D eigenvalue weighted by Crippen LogP contribution is -2.49. The van der Waals surface area contributed by atoms with Crippen molar-refractivity contribution in [3.63, 3.8) is 0 Å². The lowest BCUT2D eigenvalue weighted by atomic mass is 10.0. The molecule has 4 heteroatoms. The molecule has 1 aromatic rings. The largest absolute Gasteiger partial charge is 0.296 e. The summed E-state index contributed by atoms with van der Waals surface area (Å²) in [6.45, 7) is 7.99. The van der Waals surface area contributed by atoms with Crippen LogP contribution in [0.3, 0.4) is 0 Å². The van der Waals surface area contributed by atoms with E-state index in [4.69, 9.17) is 0 Å². The number of aryl methyl sites for hydroxylation is 1. The number of hydrogen-bond acceptors (Lipinski definition) is 4. The third-order valence-electron chi connectivity index (χ3n) is 4.15. The summed E-state index contributed by atoms with van der Waals surface area (Å²) in [5.74, 6) is 0. The van der Waals surface area contributed by atoms with E-state index >= 15 is 0 Å². The van der Waals surface area contributed by atoms with Crippen molar-refractivity contribution >= 4 is 11.3 Å². The summed E-state index contributed by atoms with van der Waals surface area (Å²) >= 11 is 1.83. The van der Waals surface area contributed by atoms with Crippen LogP contribution < -0.4 is 0 Å². The topological polar surface area (TPSA) is 19.4 Å². The van der Waals surface area contributed by atoms with Gasteiger partial charge in [-0.25, -0.2) is 4.98 Å². The predicted octanol–water partition coefficient (Wildman–Crippen LogP) is 2.68. The maximum absolute atomic E-state index is 4.34. The standard InChI is InChI=1S/C15H23N3S/c1-13-16-11-15(19-13)12-17-7-9-18(10-8-17)14-5-3-2-4-6-14/h3,5,11,14H,2,4,6-10,12H2,1H3/t14-/m1/s1. The summed E-state index contributed by atoms with van der Waals surface area (Å²) in [5.41, 5.74) is 0. The molecule has 1 aliphatic carbocycles. The highest BCUT2D eigenvalue weighted by Crippen LogP contribution is 2.20. The zero-order chi connectivity index (χ0) is 13.1. The van der Waals surface area contributed by atoms with Crippen LogP contribution in [-0.4, -0.2) is 47.0 Å². The van der Waals surface area contributed by atoms with Gasteiger partial charge in [0.15, 0.2) is 0 Å². The van der Waals surface area contributed by atoms with E-state index in [-0.39, 0.29) is 0 Å². The monoisotopic (exact) mass is 277 g/mol. The van der Waals surface area contributed by atoms with E-state index in [1.165, 1.54) is 55.3 Å². The van der Waals surface area contributed by atoms with Crippen LogP contribution in [0.25, 0.3) is 0 Å². The van der Waals surface area contributed by atoms with E-state index in [9.17, 15) is 0 Å². The van der Waals surface area contributed by atoms with Gasteiger partial charge in [0.1, 0.15) is 0 Å². The molecule has 0 N–H and O–H groups in total. The first-order chi connectivity index (χ1) is 9.31. The molecule has 3 nitrogen and oxygen atoms in total. The quantitative estimate of drug-likeness (QED) is 0.792. The van der Waals surface area contributed by atoms with Crippen LogP contribution in [0.1, 0.15) is 29.1 Å². The van der Waals surface area contributed by atoms with E-state index in [0.717, 1.165) is 6.54 Å². The molecule has 0 radical (unpaired) electrons. The fourth-order valence-corrected chi connectivity index (χ4v) is 3.89. The van der Waals surface area contributed by atoms with Crippen molar-refractivity contribution in [3.8, 4) is 0 Å². The second kappa shape index (κ2) is 6.16. The summed E-state index contributed by atoms with van der Waals surface area (Å²) in [5, 5.41) is 1.18. The van der Waals surface area contributed by atoms with Crippen molar-refractivity contribution < 1.29 is 0 Å². The summed E-state index contributed by atoms with van der Waals surface area (Å²) in [6, 6.07) is 0.710. The molecular weight excluding hydrogens is 254 g/mol. The van der Waals surface area contributed by atoms with Crippen LogP contribution in [0.5, 0.6) is 0 Å². The minimum atomic E-state index is 0.710. The van der Waals surface area contributed by atoms with Gasteiger partial charge in [-0.05, 0) is 26.2 Å². The zero-order valence-corrected chi connectivity index (χ0v) is 12.5. The highest BCUT2D eigenvalue weighted by atomic mass is 32.1. The minimum absolute atomic E-state index is 0.710. The molecule has 0 aromatic carbocycles. The van der Waals surface area contributed by atoms with Crippen LogP contribution >= 0.6 is 11.3 Å². The van der Waals surface area contributed by atoms with Crippen molar-refractivity contribution in [2.45, 2.75) is 38.8 Å². The molecule has 104 valence electrons. The maximum atomic E-state index is 4.34. The zero-order valence-electron chi connectivity index (χ0n) is 11.7. The molecule has 0 spiro atoms. The van der Waals surface area contributed by atoms with Crippen molar-refractivity contribution in [1.29, 1.82) is 0 Å². The van der Waals surface area contributed by atoms with Crippen molar-refractivity contribution in [2.24, 2.45) is 0 Å². The summed E-state index contributed by atoms with van der Waals surface area (Å²) in [6.07, 6.45) is 10.8. The van der Waals surface area contributed by atoms with Gasteiger partial charge in [-0.3, -0.25) is 9.80 Å². The molecule has 1 saturated heterocycles. The Balaban J connectivity index is 1.49. The van der Waals surface area contributed by atoms with Crippen LogP contribution in [0.2, 0.25) is 0 Å². The molecule has 1 fully saturated rings. The van der Waals surface area contributed by atoms with Gasteiger partial charge in [0, 0.05) is 49.8 Å². The molecule has 3 rings (SSSR count). The Morgan fingerprint density at radius 2 is 2.16 bits per heavy atom. The second-order valence-corrected chi connectivity index (χ2v) is 6.90. The highest BCUT2D eigenvalue weighted by molar-refractivity contribution is 7.11. The minimum Gasteiger partial charge on any atom is -0.296 e. The fraction of sp³-hybridized carbons (Fsp3) is 0.667. The Hall–Kier alpha value is -0.710. The molecular formula is C15H23N3S. The number of allylic oxidation sites excluding steroid dienone is 1. The van der Waals surface area contributed by atoms with Gasteiger partial charge in [0.25, 0.3) is 0 Å². The lowest BCUT2D eigenvalue weighted by Gasteiger charge is -2.39. The predicted molar refractivity (Wildman–Crippen MR) is 80.5 cm³/mol. The molecule has 0 saturated carbocycles. The van der Waals surface area contributed by atoms with Crippen LogP contribution in [-0.2, 0) is 6.54 Å². The Bertz CT molecular complexity index is 432. The van der Waals surface area contributed by atoms with Gasteiger partial charge in [0.2, 0.25) is 0 Å². The Morgan fingerprint density at radius 3 is 2.79 bits per heavy atom. The lowest BCUT2D eigenvalue weighted by molar-refractivity contribution is 0.102. The molecule has 0 bridgehead atoms. The molecule has 0 amide bonds. The molecule has 1 atom stereocenters. The van der Waals surface area contributed by atoms with Gasteiger partial charge in [-0.2, -0.15) is 0 Å². The van der Waals surface area contributed by atoms with Crippen LogP contribution in [0.15, 0.2) is 18.3 Å². The number of hydrogen-bond donors (Lipinski definition) is 0. The molecule has 0 unspecified atom stereocenters. The molecule has 1 aliphatic heterocycles. The number of piperazine rings is 1. The van der Waals surface area contributed by atoms with Crippen LogP contribution in [0, 0.1) is 6.92 Å². The Labute approximate surface area is 119 Å². The highest BCUT2D eigenvalue weighted by Gasteiger charge is 2.23. The van der Waals surface area contributed by atoms with Gasteiger partial charge in [-0.15, -0.1) is 11.3 Å². The average Bonchev–Trinajstić information content (AvgIpc) is 2.86. The SMILES string of the molecule is Cc1ncc(CN2CCN([C@@H]3C=CCCC3)CC2)s1. The van der Waals surface area contributed by atoms with Crippen LogP contribution in [0.4, 0.5) is 0 Å². The smallest absolute Gasteiger partial charge is 0.0897 e. The first-order valence-electron chi connectivity index (χ1n) is 7.35. The normalized spacial score (nSPS) is 25.8. The van der Waals surface area contributed by atoms with Crippen molar-refractivity contribution in [2.75, 3.05) is 26.2 Å². The number of thiazole rings is 1. The van der Waals surface area contributed by atoms with Gasteiger partial charge >= 0.3 is 0 Å². The van der Waals surface area contributed by atoms with Gasteiger partial charge in [-0.1, -0.05) is 12.2 Å². The molecule has 2 aliphatic rings. The third kappa shape index (κ3) is 3.44. The number of aromatic nitrogens is 1.